The molecule has 3 nitrogen and oxygen atoms in total. The van der Waals surface area contributed by atoms with Gasteiger partial charge in [0.2, 0.25) is 0 Å². The topological polar surface area (TPSA) is 46.5 Å². The number of fused-ring (bicyclic) bond motifs is 3. The highest BCUT2D eigenvalue weighted by atomic mass is 16.6. The normalized spacial score (nSPS) is 47.7. The van der Waals surface area contributed by atoms with E-state index in [4.69, 9.17) is 4.74 Å². The van der Waals surface area contributed by atoms with E-state index in [2.05, 4.69) is 6.92 Å². The zero-order chi connectivity index (χ0) is 13.1. The molecule has 3 aliphatic rings. The summed E-state index contributed by atoms with van der Waals surface area (Å²) >= 11 is 0. The summed E-state index contributed by atoms with van der Waals surface area (Å²) < 4.78 is 5.62. The summed E-state index contributed by atoms with van der Waals surface area (Å²) in [5.41, 5.74) is 2.05. The Morgan fingerprint density at radius 2 is 2.11 bits per heavy atom. The molecule has 0 aromatic heterocycles. The van der Waals surface area contributed by atoms with Gasteiger partial charge in [0.05, 0.1) is 11.5 Å². The van der Waals surface area contributed by atoms with Gasteiger partial charge in [0, 0.05) is 11.8 Å². The molecule has 1 N–H and O–H groups in total. The Bertz CT molecular complexity index is 421. The molecule has 0 amide bonds. The molecule has 1 saturated heterocycles. The second-order valence-corrected chi connectivity index (χ2v) is 6.53. The van der Waals surface area contributed by atoms with Gasteiger partial charge in [-0.2, -0.15) is 0 Å². The number of aliphatic hydroxyl groups is 1. The maximum absolute atomic E-state index is 11.8. The predicted molar refractivity (Wildman–Crippen MR) is 67.8 cm³/mol. The number of hydrogen-bond donors (Lipinski definition) is 1. The molecule has 18 heavy (non-hydrogen) atoms. The Labute approximate surface area is 108 Å². The lowest BCUT2D eigenvalue weighted by Gasteiger charge is -2.32. The minimum absolute atomic E-state index is 0.0152. The fourth-order valence-corrected chi connectivity index (χ4v) is 4.17. The van der Waals surface area contributed by atoms with E-state index in [1.807, 2.05) is 13.8 Å². The quantitative estimate of drug-likeness (QED) is 0.530. The van der Waals surface area contributed by atoms with Gasteiger partial charge in [0.15, 0.2) is 0 Å². The second kappa shape index (κ2) is 3.83. The monoisotopic (exact) mass is 250 g/mol. The van der Waals surface area contributed by atoms with Crippen LogP contribution in [0.4, 0.5) is 0 Å². The van der Waals surface area contributed by atoms with Crippen LogP contribution in [0.25, 0.3) is 0 Å². The van der Waals surface area contributed by atoms with Crippen LogP contribution < -0.4 is 0 Å². The molecule has 5 atom stereocenters. The third kappa shape index (κ3) is 1.56. The van der Waals surface area contributed by atoms with Gasteiger partial charge in [-0.1, -0.05) is 18.1 Å². The van der Waals surface area contributed by atoms with Crippen molar-refractivity contribution in [2.24, 2.45) is 17.8 Å². The van der Waals surface area contributed by atoms with Crippen molar-refractivity contribution in [3.63, 3.8) is 0 Å². The average molecular weight is 250 g/mol. The molecule has 1 heterocycles. The Balaban J connectivity index is 2.04. The van der Waals surface area contributed by atoms with Crippen molar-refractivity contribution in [3.05, 3.63) is 11.1 Å². The number of carbonyl (C=O) groups is 1. The highest BCUT2D eigenvalue weighted by molar-refractivity contribution is 5.75. The van der Waals surface area contributed by atoms with Crippen LogP contribution in [0.3, 0.4) is 0 Å². The first-order chi connectivity index (χ1) is 8.42. The zero-order valence-corrected chi connectivity index (χ0v) is 11.4. The van der Waals surface area contributed by atoms with Crippen LogP contribution in [0, 0.1) is 17.8 Å². The van der Waals surface area contributed by atoms with Gasteiger partial charge in [0.1, 0.15) is 6.10 Å². The number of allylic oxidation sites excluding steroid dienone is 1. The lowest BCUT2D eigenvalue weighted by molar-refractivity contribution is -0.147. The van der Waals surface area contributed by atoms with E-state index in [-0.39, 0.29) is 29.8 Å². The molecular formula is C15H22O3. The number of ether oxygens (including phenoxy) is 1. The summed E-state index contributed by atoms with van der Waals surface area (Å²) in [7, 11) is 0. The van der Waals surface area contributed by atoms with Crippen molar-refractivity contribution >= 4 is 5.97 Å². The van der Waals surface area contributed by atoms with E-state index in [1.54, 1.807) is 0 Å². The van der Waals surface area contributed by atoms with Crippen molar-refractivity contribution in [2.75, 3.05) is 0 Å². The SMILES string of the molecule is CC1=C2CCC(C)(O)C2[C@@H]2OC(=O)C(C)C2CC1. The molecule has 0 bridgehead atoms. The number of carbonyl (C=O) groups excluding carboxylic acids is 1. The molecular weight excluding hydrogens is 228 g/mol. The Kier molecular flexibility index (Phi) is 2.60. The number of rotatable bonds is 0. The highest BCUT2D eigenvalue weighted by Gasteiger charge is 2.55. The van der Waals surface area contributed by atoms with Crippen LogP contribution in [0.5, 0.6) is 0 Å². The van der Waals surface area contributed by atoms with E-state index in [9.17, 15) is 9.90 Å². The Hall–Kier alpha value is -0.830. The first-order valence-corrected chi connectivity index (χ1v) is 7.03. The van der Waals surface area contributed by atoms with Crippen LogP contribution in [0.15, 0.2) is 11.1 Å². The molecule has 3 rings (SSSR count). The molecule has 100 valence electrons. The fourth-order valence-electron chi connectivity index (χ4n) is 4.17. The molecule has 0 aromatic carbocycles. The van der Waals surface area contributed by atoms with Crippen LogP contribution in [0.2, 0.25) is 0 Å². The lowest BCUT2D eigenvalue weighted by Crippen LogP contribution is -2.40. The third-order valence-electron chi connectivity index (χ3n) is 5.36. The van der Waals surface area contributed by atoms with Gasteiger partial charge in [-0.15, -0.1) is 0 Å². The standard InChI is InChI=1S/C15H22O3/c1-8-4-5-11-9(2)14(16)18-13(11)12-10(8)6-7-15(12,3)17/h9,11-13,17H,4-7H2,1-3H3/t9?,11?,12?,13-,15?/m1/s1. The first-order valence-electron chi connectivity index (χ1n) is 7.03. The van der Waals surface area contributed by atoms with Gasteiger partial charge in [0.25, 0.3) is 0 Å². The molecule has 2 aliphatic carbocycles. The van der Waals surface area contributed by atoms with Crippen LogP contribution in [-0.4, -0.2) is 22.8 Å². The van der Waals surface area contributed by atoms with Crippen molar-refractivity contribution in [3.8, 4) is 0 Å². The third-order valence-corrected chi connectivity index (χ3v) is 5.36. The van der Waals surface area contributed by atoms with Crippen molar-refractivity contribution in [1.29, 1.82) is 0 Å². The minimum Gasteiger partial charge on any atom is -0.461 e. The van der Waals surface area contributed by atoms with Crippen LogP contribution in [-0.2, 0) is 9.53 Å². The van der Waals surface area contributed by atoms with Gasteiger partial charge < -0.3 is 9.84 Å². The van der Waals surface area contributed by atoms with Crippen molar-refractivity contribution in [1.82, 2.24) is 0 Å². The summed E-state index contributed by atoms with van der Waals surface area (Å²) in [5, 5.41) is 10.6. The van der Waals surface area contributed by atoms with Crippen molar-refractivity contribution < 1.29 is 14.6 Å². The number of esters is 1. The van der Waals surface area contributed by atoms with Crippen molar-refractivity contribution in [2.45, 2.75) is 58.2 Å². The molecule has 2 fully saturated rings. The van der Waals surface area contributed by atoms with E-state index in [0.717, 1.165) is 25.7 Å². The van der Waals surface area contributed by atoms with E-state index >= 15 is 0 Å². The molecule has 1 saturated carbocycles. The molecule has 4 unspecified atom stereocenters. The van der Waals surface area contributed by atoms with Gasteiger partial charge >= 0.3 is 5.97 Å². The average Bonchev–Trinajstić information content (AvgIpc) is 2.69. The van der Waals surface area contributed by atoms with E-state index < -0.39 is 5.60 Å². The summed E-state index contributed by atoms with van der Waals surface area (Å²) in [6.45, 7) is 6.05. The number of hydrogen-bond acceptors (Lipinski definition) is 3. The van der Waals surface area contributed by atoms with E-state index in [0.29, 0.717) is 0 Å². The molecule has 0 aromatic rings. The maximum Gasteiger partial charge on any atom is 0.309 e. The first kappa shape index (κ1) is 12.2. The molecule has 3 heteroatoms. The summed E-state index contributed by atoms with van der Waals surface area (Å²) in [6.07, 6.45) is 3.71. The smallest absolute Gasteiger partial charge is 0.309 e. The summed E-state index contributed by atoms with van der Waals surface area (Å²) in [6, 6.07) is 0. The summed E-state index contributed by atoms with van der Waals surface area (Å²) in [5.74, 6) is 0.212. The Morgan fingerprint density at radius 1 is 1.39 bits per heavy atom. The van der Waals surface area contributed by atoms with Crippen LogP contribution in [0.1, 0.15) is 46.5 Å². The molecule has 1 aliphatic heterocycles. The molecule has 0 spiro atoms. The van der Waals surface area contributed by atoms with Gasteiger partial charge in [-0.05, 0) is 39.5 Å². The highest BCUT2D eigenvalue weighted by Crippen LogP contribution is 2.52. The maximum atomic E-state index is 11.8. The zero-order valence-electron chi connectivity index (χ0n) is 11.4. The minimum atomic E-state index is -0.714. The second-order valence-electron chi connectivity index (χ2n) is 6.53. The molecule has 0 radical (unpaired) electrons. The largest absolute Gasteiger partial charge is 0.461 e. The van der Waals surface area contributed by atoms with E-state index in [1.165, 1.54) is 11.1 Å². The predicted octanol–water partition coefficient (Wildman–Crippen LogP) is 2.44. The van der Waals surface area contributed by atoms with Gasteiger partial charge in [-0.25, -0.2) is 0 Å². The lowest BCUT2D eigenvalue weighted by atomic mass is 9.78. The Morgan fingerprint density at radius 3 is 2.83 bits per heavy atom. The fraction of sp³-hybridized carbons (Fsp3) is 0.800. The summed E-state index contributed by atoms with van der Waals surface area (Å²) in [4.78, 5) is 11.8. The van der Waals surface area contributed by atoms with Crippen LogP contribution >= 0.6 is 0 Å². The van der Waals surface area contributed by atoms with Gasteiger partial charge in [-0.3, -0.25) is 4.79 Å².